The second-order valence-corrected chi connectivity index (χ2v) is 0.962. The normalized spacial score (nSPS) is 4.16. The van der Waals surface area contributed by atoms with Crippen molar-refractivity contribution in [3.63, 3.8) is 0 Å². The van der Waals surface area contributed by atoms with Gasteiger partial charge in [-0.25, -0.2) is 0 Å². The summed E-state index contributed by atoms with van der Waals surface area (Å²) in [5, 5.41) is 0. The first kappa shape index (κ1) is 133. The number of hydrogen-bond acceptors (Lipinski definition) is 1. The molecule has 1 aliphatic rings. The van der Waals surface area contributed by atoms with E-state index in [1.165, 1.54) is 0 Å². The van der Waals surface area contributed by atoms with Gasteiger partial charge in [0.05, 0.1) is 0 Å². The van der Waals surface area contributed by atoms with Crippen LogP contribution >= 0.6 is 0 Å². The summed E-state index contributed by atoms with van der Waals surface area (Å²) < 4.78 is 98.3. The van der Waals surface area contributed by atoms with Crippen molar-refractivity contribution in [1.29, 1.82) is 0 Å². The van der Waals surface area contributed by atoms with Crippen molar-refractivity contribution in [3.8, 4) is 0 Å². The molecule has 0 amide bonds. The van der Waals surface area contributed by atoms with Crippen LogP contribution in [0.4, 0.5) is 0 Å². The van der Waals surface area contributed by atoms with E-state index in [0.29, 0.717) is 19.8 Å². The Bertz CT molecular complexity index is 311. The molecule has 0 bridgehead atoms. The van der Waals surface area contributed by atoms with E-state index in [4.69, 9.17) is 59.2 Å². The zero-order valence-electron chi connectivity index (χ0n) is 17.7. The predicted octanol–water partition coefficient (Wildman–Crippen LogP) is 1.28. The fraction of sp³-hybridized carbons (Fsp3) is 0.0526. The molecule has 13 nitrogen and oxygen atoms in total. The summed E-state index contributed by atoms with van der Waals surface area (Å²) in [6.45, 7) is 59.0. The van der Waals surface area contributed by atoms with Gasteiger partial charge >= 0.3 is 179 Å². The van der Waals surface area contributed by atoms with Crippen LogP contribution < -0.4 is 0 Å². The van der Waals surface area contributed by atoms with Gasteiger partial charge in [-0.15, -0.1) is 0 Å². The van der Waals surface area contributed by atoms with E-state index in [1.807, 2.05) is 32.1 Å². The minimum absolute atomic E-state index is 0. The minimum Gasteiger partial charge on any atom is 0 e. The van der Waals surface area contributed by atoms with E-state index >= 15 is 0 Å². The average Bonchev–Trinajstić information content (AvgIpc) is 3.64. The van der Waals surface area contributed by atoms with Crippen LogP contribution in [0.25, 0.3) is 0 Å². The summed E-state index contributed by atoms with van der Waals surface area (Å²) in [4.78, 5) is 0. The van der Waals surface area contributed by atoms with Gasteiger partial charge in [0.2, 0.25) is 0 Å². The summed E-state index contributed by atoms with van der Waals surface area (Å²) in [5.74, 6) is 0. The van der Waals surface area contributed by atoms with Gasteiger partial charge in [-0.1, -0.05) is 0 Å². The molecule has 18 heteroatoms. The Hall–Kier alpha value is -0.0862. The van der Waals surface area contributed by atoms with Crippen LogP contribution in [0.2, 0.25) is 0 Å². The first-order valence-electron chi connectivity index (χ1n) is 4.99. The van der Waals surface area contributed by atoms with Crippen molar-refractivity contribution >= 4 is 0 Å². The van der Waals surface area contributed by atoms with Crippen molar-refractivity contribution in [2.24, 2.45) is 0 Å². The molecule has 0 aromatic rings. The van der Waals surface area contributed by atoms with E-state index in [-0.39, 0.29) is 79.2 Å². The van der Waals surface area contributed by atoms with Gasteiger partial charge in [0.25, 0.3) is 0 Å². The zero-order valence-corrected chi connectivity index (χ0v) is 30.8. The molecule has 0 aromatic carbocycles. The molecule has 6 radical (unpaired) electrons. The Kier molecular flexibility index (Phi) is 6520. The molecule has 0 heterocycles. The van der Waals surface area contributed by atoms with Gasteiger partial charge in [-0.05, 0) is 32.1 Å². The minimum atomic E-state index is 0. The van der Waals surface area contributed by atoms with Crippen LogP contribution in [0.3, 0.4) is 0 Å². The van der Waals surface area contributed by atoms with Gasteiger partial charge < -0.3 is 6.92 Å². The van der Waals surface area contributed by atoms with Gasteiger partial charge in [-0.3, -0.25) is 0 Å². The van der Waals surface area contributed by atoms with Gasteiger partial charge in [-0.2, -0.15) is 6.92 Å². The number of hydrogen-bond donors (Lipinski definition) is 0. The molecule has 1 rings (SSSR count). The van der Waals surface area contributed by atoms with E-state index in [2.05, 4.69) is 86.7 Å². The van der Waals surface area contributed by atoms with Crippen LogP contribution in [-0.2, 0) is 158 Å². The third-order valence-electron chi connectivity index (χ3n) is 0.556. The van der Waals surface area contributed by atoms with Crippen molar-refractivity contribution in [3.05, 3.63) is 119 Å². The quantitative estimate of drug-likeness (QED) is 0.252. The second kappa shape index (κ2) is 1810. The monoisotopic (exact) mass is 1400 g/mol. The maximum Gasteiger partial charge on any atom is 1.00 e. The molecule has 1 saturated carbocycles. The summed E-state index contributed by atoms with van der Waals surface area (Å²) in [7, 11) is 0. The van der Waals surface area contributed by atoms with Gasteiger partial charge in [0.15, 0.2) is 0 Å². The molecular formula is C19H10O13Os4W. The Morgan fingerprint density at radius 1 is 0.351 bits per heavy atom. The summed E-state index contributed by atoms with van der Waals surface area (Å²) in [6.07, 6.45) is 10.0. The molecule has 0 unspecified atom stereocenters. The largest absolute Gasteiger partial charge is 1.00 e. The van der Waals surface area contributed by atoms with Crippen LogP contribution in [0.1, 0.15) is 6.92 Å². The molecule has 0 spiro atoms. The van der Waals surface area contributed by atoms with Crippen molar-refractivity contribution in [1.82, 2.24) is 0 Å². The molecule has 0 N–H and O–H groups in total. The van der Waals surface area contributed by atoms with Crippen molar-refractivity contribution in [2.75, 3.05) is 0 Å². The van der Waals surface area contributed by atoms with Crippen molar-refractivity contribution < 1.29 is 158 Å². The van der Waals surface area contributed by atoms with Gasteiger partial charge in [0.1, 0.15) is 0 Å². The fourth-order valence-electron chi connectivity index (χ4n) is 0.321. The second-order valence-electron chi connectivity index (χ2n) is 0.962. The third kappa shape index (κ3) is 1710. The molecule has 0 aromatic heterocycles. The molecule has 202 valence electrons. The van der Waals surface area contributed by atoms with E-state index in [1.54, 1.807) is 6.92 Å². The third-order valence-corrected chi connectivity index (χ3v) is 0.556. The first-order chi connectivity index (χ1) is 16.5. The molecule has 0 saturated heterocycles. The Morgan fingerprint density at radius 3 is 0.405 bits per heavy atom. The molecular weight excluding hydrogens is 1380 g/mol. The van der Waals surface area contributed by atoms with Crippen LogP contribution in [0.15, 0.2) is 0 Å². The predicted molar refractivity (Wildman–Crippen MR) is 80.4 cm³/mol. The van der Waals surface area contributed by atoms with Crippen LogP contribution in [0, 0.1) is 119 Å². The van der Waals surface area contributed by atoms with Crippen LogP contribution in [-0.4, -0.2) is 0 Å². The molecule has 1 aliphatic carbocycles. The summed E-state index contributed by atoms with van der Waals surface area (Å²) >= 11 is 0.333. The molecule has 0 atom stereocenters. The maximum atomic E-state index is 8.33. The summed E-state index contributed by atoms with van der Waals surface area (Å²) in [6, 6.07) is 0. The first-order valence-corrected chi connectivity index (χ1v) is 6.19. The van der Waals surface area contributed by atoms with Crippen molar-refractivity contribution in [2.45, 2.75) is 6.92 Å². The zero-order chi connectivity index (χ0) is 31.5. The Balaban J connectivity index is -0.00000000661. The number of rotatable bonds is 0. The Morgan fingerprint density at radius 2 is 0.378 bits per heavy atom. The Labute approximate surface area is 281 Å². The fourth-order valence-corrected chi connectivity index (χ4v) is 0.321. The van der Waals surface area contributed by atoms with Crippen LogP contribution in [0.5, 0.6) is 0 Å². The topological polar surface area (TPSA) is 256 Å². The van der Waals surface area contributed by atoms with Gasteiger partial charge in [0, 0.05) is 59.4 Å². The van der Waals surface area contributed by atoms with E-state index < -0.39 is 0 Å². The molecule has 1 fully saturated rings. The van der Waals surface area contributed by atoms with E-state index in [0.717, 1.165) is 0 Å². The smallest absolute Gasteiger partial charge is 0 e. The molecule has 0 aliphatic heterocycles. The van der Waals surface area contributed by atoms with E-state index in [9.17, 15) is 0 Å². The average molecular weight is 1390 g/mol. The summed E-state index contributed by atoms with van der Waals surface area (Å²) in [5.41, 5.74) is 0. The SMILES string of the molecule is [C-]#[O+].[C-]#[O+].[C-]#[O+].[C-]#[O+].[C-]#[O+].[C-]#[O+].[C-]#[O+].[C-]#[O+].[C-]#[O+].[C-]#[O+].[C-]#[O+].[C-]#[O+].[CH2-]C.[CH]1[CH][CH][CH][CH]1.[O]=[W].[Os+].[Os].[Os].[Os]. The molecule has 37 heavy (non-hydrogen) atoms. The standard InChI is InChI=1S/C5H5.C2H5.12CO.O.4Os.W/c1-2-4-5-3-1;13*1-2;;;;;;/h1-5H;1H2,2H3;;;;;;;;;;;;;;;;;;/q;-1;;;;;;;;;;;;;;;;;+1;. The maximum absolute atomic E-state index is 8.33.